The van der Waals surface area contributed by atoms with Gasteiger partial charge in [0.1, 0.15) is 12.2 Å². The van der Waals surface area contributed by atoms with Crippen LogP contribution in [0.15, 0.2) is 42.5 Å². The number of amides is 3. The Morgan fingerprint density at radius 1 is 1.21 bits per heavy atom. The van der Waals surface area contributed by atoms with Gasteiger partial charge in [-0.15, -0.1) is 0 Å². The number of para-hydroxylation sites is 1. The number of carbonyl (C=O) groups is 3. The van der Waals surface area contributed by atoms with Crippen molar-refractivity contribution < 1.29 is 14.4 Å². The van der Waals surface area contributed by atoms with E-state index in [2.05, 4.69) is 5.32 Å². The molecule has 0 radical (unpaired) electrons. The summed E-state index contributed by atoms with van der Waals surface area (Å²) in [4.78, 5) is 41.6. The van der Waals surface area contributed by atoms with E-state index in [9.17, 15) is 14.4 Å². The Bertz CT molecular complexity index is 1010. The van der Waals surface area contributed by atoms with Gasteiger partial charge in [-0.2, -0.15) is 0 Å². The molecule has 2 aliphatic heterocycles. The van der Waals surface area contributed by atoms with Crippen LogP contribution >= 0.6 is 11.6 Å². The van der Waals surface area contributed by atoms with Gasteiger partial charge < -0.3 is 10.2 Å². The SMILES string of the molecule is Cc1ccc(NC(=O)CN2C(=O)c3ccccc3N3C(=O)CC[C@]23C)c(Cl)c1. The molecule has 0 aromatic heterocycles. The Balaban J connectivity index is 1.64. The van der Waals surface area contributed by atoms with Crippen molar-refractivity contribution in [3.05, 3.63) is 58.6 Å². The van der Waals surface area contributed by atoms with Crippen LogP contribution in [0.4, 0.5) is 11.4 Å². The van der Waals surface area contributed by atoms with Gasteiger partial charge in [-0.3, -0.25) is 19.3 Å². The minimum atomic E-state index is -0.864. The molecule has 6 nitrogen and oxygen atoms in total. The maximum absolute atomic E-state index is 13.2. The van der Waals surface area contributed by atoms with E-state index in [0.717, 1.165) is 5.56 Å². The van der Waals surface area contributed by atoms with Gasteiger partial charge in [0.2, 0.25) is 11.8 Å². The molecule has 1 saturated heterocycles. The lowest BCUT2D eigenvalue weighted by atomic mass is 9.98. The smallest absolute Gasteiger partial charge is 0.258 e. The van der Waals surface area contributed by atoms with E-state index in [1.165, 1.54) is 4.90 Å². The second-order valence-corrected chi connectivity index (χ2v) is 7.79. The third-order valence-electron chi connectivity index (χ3n) is 5.45. The first-order valence-corrected chi connectivity index (χ1v) is 9.49. The molecule has 2 aromatic carbocycles. The number of aryl methyl sites for hydroxylation is 1. The molecule has 3 amide bonds. The molecule has 28 heavy (non-hydrogen) atoms. The largest absolute Gasteiger partial charge is 0.323 e. The van der Waals surface area contributed by atoms with E-state index in [4.69, 9.17) is 11.6 Å². The molecule has 0 bridgehead atoms. The maximum atomic E-state index is 13.2. The second kappa shape index (κ2) is 6.63. The van der Waals surface area contributed by atoms with Crippen molar-refractivity contribution in [2.24, 2.45) is 0 Å². The molecular formula is C21H20ClN3O3. The summed E-state index contributed by atoms with van der Waals surface area (Å²) in [5.74, 6) is -0.664. The van der Waals surface area contributed by atoms with Crippen molar-refractivity contribution in [3.8, 4) is 0 Å². The normalized spacial score (nSPS) is 20.8. The molecule has 1 N–H and O–H groups in total. The van der Waals surface area contributed by atoms with Crippen molar-refractivity contribution in [1.82, 2.24) is 4.90 Å². The Hall–Kier alpha value is -2.86. The number of nitrogens with zero attached hydrogens (tertiary/aromatic N) is 2. The van der Waals surface area contributed by atoms with Crippen LogP contribution in [0.2, 0.25) is 5.02 Å². The molecule has 0 spiro atoms. The highest BCUT2D eigenvalue weighted by atomic mass is 35.5. The predicted octanol–water partition coefficient (Wildman–Crippen LogP) is 3.59. The number of benzene rings is 2. The predicted molar refractivity (Wildman–Crippen MR) is 107 cm³/mol. The molecule has 0 saturated carbocycles. The van der Waals surface area contributed by atoms with Crippen molar-refractivity contribution in [2.75, 3.05) is 16.8 Å². The summed E-state index contributed by atoms with van der Waals surface area (Å²) in [6.45, 7) is 3.57. The van der Waals surface area contributed by atoms with Crippen LogP contribution in [0.3, 0.4) is 0 Å². The average molecular weight is 398 g/mol. The highest BCUT2D eigenvalue weighted by Gasteiger charge is 2.53. The van der Waals surface area contributed by atoms with E-state index in [1.807, 2.05) is 19.9 Å². The standard InChI is InChI=1S/C21H20ClN3O3/c1-13-7-8-16(15(22)11-13)23-18(26)12-24-20(28)14-5-3-4-6-17(14)25-19(27)9-10-21(24,25)2/h3-8,11H,9-10,12H2,1-2H3,(H,23,26)/t21-/m1/s1. The molecule has 0 unspecified atom stereocenters. The summed E-state index contributed by atoms with van der Waals surface area (Å²) in [5, 5.41) is 3.21. The monoisotopic (exact) mass is 397 g/mol. The Kier molecular flexibility index (Phi) is 4.38. The third-order valence-corrected chi connectivity index (χ3v) is 5.76. The molecular weight excluding hydrogens is 378 g/mol. The number of fused-ring (bicyclic) bond motifs is 3. The first kappa shape index (κ1) is 18.5. The summed E-state index contributed by atoms with van der Waals surface area (Å²) in [6, 6.07) is 12.4. The zero-order chi connectivity index (χ0) is 20.1. The fourth-order valence-corrected chi connectivity index (χ4v) is 4.28. The van der Waals surface area contributed by atoms with Crippen LogP contribution in [0.1, 0.15) is 35.7 Å². The van der Waals surface area contributed by atoms with E-state index in [0.29, 0.717) is 34.8 Å². The fraction of sp³-hybridized carbons (Fsp3) is 0.286. The average Bonchev–Trinajstić information content (AvgIpc) is 2.97. The quantitative estimate of drug-likeness (QED) is 0.860. The summed E-state index contributed by atoms with van der Waals surface area (Å²) in [7, 11) is 0. The van der Waals surface area contributed by atoms with Crippen LogP contribution < -0.4 is 10.2 Å². The van der Waals surface area contributed by atoms with E-state index in [1.54, 1.807) is 41.3 Å². The number of halogens is 1. The first-order valence-electron chi connectivity index (χ1n) is 9.11. The van der Waals surface area contributed by atoms with Crippen molar-refractivity contribution in [1.29, 1.82) is 0 Å². The van der Waals surface area contributed by atoms with E-state index in [-0.39, 0.29) is 24.3 Å². The molecule has 1 atom stereocenters. The number of hydrogen-bond acceptors (Lipinski definition) is 3. The highest BCUT2D eigenvalue weighted by Crippen LogP contribution is 2.43. The molecule has 2 aliphatic rings. The molecule has 2 aromatic rings. The van der Waals surface area contributed by atoms with Crippen LogP contribution in [0.5, 0.6) is 0 Å². The lowest BCUT2D eigenvalue weighted by Crippen LogP contribution is -2.63. The number of rotatable bonds is 3. The van der Waals surface area contributed by atoms with Gasteiger partial charge in [-0.05, 0) is 50.1 Å². The summed E-state index contributed by atoms with van der Waals surface area (Å²) in [6.07, 6.45) is 0.810. The molecule has 1 fully saturated rings. The van der Waals surface area contributed by atoms with Gasteiger partial charge in [0.15, 0.2) is 0 Å². The lowest BCUT2D eigenvalue weighted by molar-refractivity contribution is -0.120. The Morgan fingerprint density at radius 3 is 2.71 bits per heavy atom. The minimum absolute atomic E-state index is 0.0468. The Labute approximate surface area is 168 Å². The number of nitrogens with one attached hydrogen (secondary N) is 1. The van der Waals surface area contributed by atoms with Crippen molar-refractivity contribution in [3.63, 3.8) is 0 Å². The maximum Gasteiger partial charge on any atom is 0.258 e. The van der Waals surface area contributed by atoms with Gasteiger partial charge in [0.25, 0.3) is 5.91 Å². The van der Waals surface area contributed by atoms with Crippen LogP contribution in [-0.2, 0) is 9.59 Å². The molecule has 2 heterocycles. The van der Waals surface area contributed by atoms with Crippen LogP contribution in [0.25, 0.3) is 0 Å². The zero-order valence-corrected chi connectivity index (χ0v) is 16.4. The summed E-state index contributed by atoms with van der Waals surface area (Å²) >= 11 is 6.20. The zero-order valence-electron chi connectivity index (χ0n) is 15.7. The topological polar surface area (TPSA) is 69.7 Å². The Morgan fingerprint density at radius 2 is 1.96 bits per heavy atom. The number of anilines is 2. The van der Waals surface area contributed by atoms with Crippen LogP contribution in [-0.4, -0.2) is 34.8 Å². The van der Waals surface area contributed by atoms with Gasteiger partial charge in [-0.25, -0.2) is 0 Å². The van der Waals surface area contributed by atoms with Gasteiger partial charge in [0.05, 0.1) is 22.0 Å². The van der Waals surface area contributed by atoms with Gasteiger partial charge in [-0.1, -0.05) is 29.8 Å². The third kappa shape index (κ3) is 2.85. The van der Waals surface area contributed by atoms with Crippen molar-refractivity contribution in [2.45, 2.75) is 32.4 Å². The second-order valence-electron chi connectivity index (χ2n) is 7.39. The summed E-state index contributed by atoms with van der Waals surface area (Å²) < 4.78 is 0. The number of carbonyl (C=O) groups excluding carboxylic acids is 3. The molecule has 0 aliphatic carbocycles. The fourth-order valence-electron chi connectivity index (χ4n) is 4.00. The molecule has 7 heteroatoms. The molecule has 144 valence electrons. The minimum Gasteiger partial charge on any atom is -0.323 e. The summed E-state index contributed by atoms with van der Waals surface area (Å²) in [5.41, 5.74) is 1.65. The van der Waals surface area contributed by atoms with Gasteiger partial charge >= 0.3 is 0 Å². The van der Waals surface area contributed by atoms with Crippen molar-refractivity contribution >= 4 is 40.7 Å². The first-order chi connectivity index (χ1) is 13.3. The number of hydrogen-bond donors (Lipinski definition) is 1. The lowest BCUT2D eigenvalue weighted by Gasteiger charge is -2.48. The molecule has 4 rings (SSSR count). The van der Waals surface area contributed by atoms with Gasteiger partial charge in [0, 0.05) is 6.42 Å². The van der Waals surface area contributed by atoms with E-state index < -0.39 is 5.66 Å². The highest BCUT2D eigenvalue weighted by molar-refractivity contribution is 6.33. The van der Waals surface area contributed by atoms with Crippen LogP contribution in [0, 0.1) is 6.92 Å². The van der Waals surface area contributed by atoms with E-state index >= 15 is 0 Å².